The van der Waals surface area contributed by atoms with Crippen LogP contribution in [0.25, 0.3) is 10.6 Å². The first-order chi connectivity index (χ1) is 13.4. The Labute approximate surface area is 165 Å². The number of nitrogens with zero attached hydrogens (tertiary/aromatic N) is 2. The van der Waals surface area contributed by atoms with Crippen molar-refractivity contribution in [1.29, 1.82) is 0 Å². The van der Waals surface area contributed by atoms with Crippen LogP contribution in [-0.2, 0) is 17.4 Å². The Bertz CT molecular complexity index is 822. The molecule has 1 aromatic carbocycles. The van der Waals surface area contributed by atoms with E-state index in [2.05, 4.69) is 15.2 Å². The van der Waals surface area contributed by atoms with Gasteiger partial charge >= 0.3 is 6.18 Å². The fourth-order valence-corrected chi connectivity index (χ4v) is 4.44. The van der Waals surface area contributed by atoms with Crippen molar-refractivity contribution in [3.05, 3.63) is 40.9 Å². The molecule has 1 amide bonds. The van der Waals surface area contributed by atoms with E-state index in [1.807, 2.05) is 0 Å². The van der Waals surface area contributed by atoms with Gasteiger partial charge in [-0.05, 0) is 37.8 Å². The number of carbonyl (C=O) groups is 1. The van der Waals surface area contributed by atoms with E-state index in [9.17, 15) is 18.0 Å². The maximum atomic E-state index is 12.7. The molecule has 28 heavy (non-hydrogen) atoms. The number of thiazole rings is 1. The van der Waals surface area contributed by atoms with E-state index in [-0.39, 0.29) is 18.4 Å². The highest BCUT2D eigenvalue weighted by molar-refractivity contribution is 7.13. The standard InChI is InChI=1S/C20H22F3N3OS/c21-20(22,23)14-3-1-13(2-4-14)19-25-16(12-28-19)11-18(27)24-15-7-9-26(10-8-15)17-5-6-17/h1-4,12,15,17H,5-11H2,(H,24,27). The Balaban J connectivity index is 1.30. The van der Waals surface area contributed by atoms with Crippen molar-refractivity contribution in [2.45, 2.75) is 50.4 Å². The Kier molecular flexibility index (Phi) is 5.42. The molecule has 1 saturated heterocycles. The van der Waals surface area contributed by atoms with Gasteiger partial charge in [0.2, 0.25) is 5.91 Å². The van der Waals surface area contributed by atoms with E-state index in [1.165, 1.54) is 36.3 Å². The summed E-state index contributed by atoms with van der Waals surface area (Å²) in [5, 5.41) is 5.51. The van der Waals surface area contributed by atoms with Crippen LogP contribution in [0.5, 0.6) is 0 Å². The minimum Gasteiger partial charge on any atom is -0.353 e. The number of amides is 1. The molecule has 4 rings (SSSR count). The lowest BCUT2D eigenvalue weighted by molar-refractivity contribution is -0.137. The second kappa shape index (κ2) is 7.83. The van der Waals surface area contributed by atoms with Crippen molar-refractivity contribution in [3.8, 4) is 10.6 Å². The summed E-state index contributed by atoms with van der Waals surface area (Å²) in [7, 11) is 0. The van der Waals surface area contributed by atoms with Crippen LogP contribution >= 0.6 is 11.3 Å². The van der Waals surface area contributed by atoms with E-state index < -0.39 is 11.7 Å². The summed E-state index contributed by atoms with van der Waals surface area (Å²) in [5.41, 5.74) is 0.588. The summed E-state index contributed by atoms with van der Waals surface area (Å²) >= 11 is 1.34. The maximum Gasteiger partial charge on any atom is 0.416 e. The van der Waals surface area contributed by atoms with Crippen molar-refractivity contribution >= 4 is 17.2 Å². The van der Waals surface area contributed by atoms with Crippen molar-refractivity contribution < 1.29 is 18.0 Å². The number of nitrogens with one attached hydrogen (secondary N) is 1. The molecule has 2 fully saturated rings. The summed E-state index contributed by atoms with van der Waals surface area (Å²) in [6.07, 6.45) is 0.426. The van der Waals surface area contributed by atoms with Gasteiger partial charge in [-0.25, -0.2) is 4.98 Å². The van der Waals surface area contributed by atoms with Crippen LogP contribution < -0.4 is 5.32 Å². The smallest absolute Gasteiger partial charge is 0.353 e. The number of likely N-dealkylation sites (tertiary alicyclic amines) is 1. The maximum absolute atomic E-state index is 12.7. The highest BCUT2D eigenvalue weighted by atomic mass is 32.1. The topological polar surface area (TPSA) is 45.2 Å². The molecule has 1 aromatic heterocycles. The molecule has 2 aromatic rings. The Morgan fingerprint density at radius 1 is 1.14 bits per heavy atom. The molecule has 0 bridgehead atoms. The number of carbonyl (C=O) groups excluding carboxylic acids is 1. The van der Waals surface area contributed by atoms with E-state index in [1.54, 1.807) is 5.38 Å². The average molecular weight is 409 g/mol. The third-order valence-electron chi connectivity index (χ3n) is 5.31. The van der Waals surface area contributed by atoms with Crippen molar-refractivity contribution in [1.82, 2.24) is 15.2 Å². The molecule has 8 heteroatoms. The minimum absolute atomic E-state index is 0.0471. The van der Waals surface area contributed by atoms with Crippen LogP contribution in [0, 0.1) is 0 Å². The molecule has 1 aliphatic heterocycles. The lowest BCUT2D eigenvalue weighted by atomic mass is 10.0. The van der Waals surface area contributed by atoms with Gasteiger partial charge in [-0.15, -0.1) is 11.3 Å². The number of hydrogen-bond acceptors (Lipinski definition) is 4. The van der Waals surface area contributed by atoms with Crippen LogP contribution in [0.4, 0.5) is 13.2 Å². The second-order valence-corrected chi connectivity index (χ2v) is 8.36. The third-order valence-corrected chi connectivity index (χ3v) is 6.25. The van der Waals surface area contributed by atoms with Crippen molar-refractivity contribution in [2.24, 2.45) is 0 Å². The fraction of sp³-hybridized carbons (Fsp3) is 0.500. The molecule has 1 saturated carbocycles. The average Bonchev–Trinajstić information content (AvgIpc) is 3.41. The largest absolute Gasteiger partial charge is 0.416 e. The fourth-order valence-electron chi connectivity index (χ4n) is 3.61. The van der Waals surface area contributed by atoms with Crippen LogP contribution in [0.3, 0.4) is 0 Å². The van der Waals surface area contributed by atoms with Crippen LogP contribution in [-0.4, -0.2) is 41.0 Å². The number of piperidine rings is 1. The molecular formula is C20H22F3N3OS. The third kappa shape index (κ3) is 4.72. The highest BCUT2D eigenvalue weighted by Crippen LogP contribution is 2.32. The van der Waals surface area contributed by atoms with E-state index >= 15 is 0 Å². The molecule has 0 unspecified atom stereocenters. The summed E-state index contributed by atoms with van der Waals surface area (Å²) in [6.45, 7) is 2.09. The van der Waals surface area contributed by atoms with E-state index in [4.69, 9.17) is 0 Å². The first kappa shape index (κ1) is 19.4. The zero-order valence-corrected chi connectivity index (χ0v) is 16.2. The van der Waals surface area contributed by atoms with Gasteiger partial charge < -0.3 is 10.2 Å². The molecule has 150 valence electrons. The highest BCUT2D eigenvalue weighted by Gasteiger charge is 2.32. The number of hydrogen-bond donors (Lipinski definition) is 1. The van der Waals surface area contributed by atoms with Gasteiger partial charge in [0.1, 0.15) is 5.01 Å². The van der Waals surface area contributed by atoms with Gasteiger partial charge in [-0.1, -0.05) is 12.1 Å². The number of benzene rings is 1. The molecule has 2 heterocycles. The van der Waals surface area contributed by atoms with Gasteiger partial charge in [-0.3, -0.25) is 4.79 Å². The monoisotopic (exact) mass is 409 g/mol. The lowest BCUT2D eigenvalue weighted by Crippen LogP contribution is -2.45. The predicted octanol–water partition coefficient (Wildman–Crippen LogP) is 4.11. The number of halogens is 3. The van der Waals surface area contributed by atoms with Crippen LogP contribution in [0.15, 0.2) is 29.6 Å². The minimum atomic E-state index is -4.35. The summed E-state index contributed by atoms with van der Waals surface area (Å²) in [6, 6.07) is 5.93. The summed E-state index contributed by atoms with van der Waals surface area (Å²) in [5.74, 6) is -0.0471. The van der Waals surface area contributed by atoms with Gasteiger partial charge in [0.25, 0.3) is 0 Å². The summed E-state index contributed by atoms with van der Waals surface area (Å²) in [4.78, 5) is 19.3. The van der Waals surface area contributed by atoms with E-state index in [0.29, 0.717) is 16.3 Å². The molecule has 2 aliphatic rings. The van der Waals surface area contributed by atoms with Gasteiger partial charge in [-0.2, -0.15) is 13.2 Å². The van der Waals surface area contributed by atoms with Crippen LogP contribution in [0.2, 0.25) is 0 Å². The zero-order valence-electron chi connectivity index (χ0n) is 15.3. The lowest BCUT2D eigenvalue weighted by Gasteiger charge is -2.32. The molecule has 4 nitrogen and oxygen atoms in total. The quantitative estimate of drug-likeness (QED) is 0.808. The molecule has 1 N–H and O–H groups in total. The summed E-state index contributed by atoms with van der Waals surface area (Å²) < 4.78 is 38.0. The normalized spacial score (nSPS) is 19.0. The van der Waals surface area contributed by atoms with E-state index in [0.717, 1.165) is 44.1 Å². The Morgan fingerprint density at radius 2 is 1.82 bits per heavy atom. The van der Waals surface area contributed by atoms with Gasteiger partial charge in [0.05, 0.1) is 17.7 Å². The SMILES string of the molecule is O=C(Cc1csc(-c2ccc(C(F)(F)F)cc2)n1)NC1CCN(C2CC2)CC1. The van der Waals surface area contributed by atoms with Crippen molar-refractivity contribution in [2.75, 3.05) is 13.1 Å². The van der Waals surface area contributed by atoms with Gasteiger partial charge in [0.15, 0.2) is 0 Å². The molecule has 0 radical (unpaired) electrons. The Hall–Kier alpha value is -1.93. The second-order valence-electron chi connectivity index (χ2n) is 7.50. The molecule has 1 aliphatic carbocycles. The number of aromatic nitrogens is 1. The van der Waals surface area contributed by atoms with Crippen molar-refractivity contribution in [3.63, 3.8) is 0 Å². The molecular weight excluding hydrogens is 387 g/mol. The number of alkyl halides is 3. The molecule has 0 atom stereocenters. The zero-order chi connectivity index (χ0) is 19.7. The molecule has 0 spiro atoms. The Morgan fingerprint density at radius 3 is 2.43 bits per heavy atom. The first-order valence-corrected chi connectivity index (χ1v) is 10.4. The first-order valence-electron chi connectivity index (χ1n) is 9.54. The van der Waals surface area contributed by atoms with Crippen LogP contribution in [0.1, 0.15) is 36.9 Å². The van der Waals surface area contributed by atoms with Gasteiger partial charge in [0, 0.05) is 36.1 Å². The number of rotatable bonds is 5. The predicted molar refractivity (Wildman–Crippen MR) is 102 cm³/mol.